The monoisotopic (exact) mass is 210 g/mol. The van der Waals surface area contributed by atoms with Gasteiger partial charge in [0, 0.05) is 26.6 Å². The molecule has 0 bridgehead atoms. The van der Waals surface area contributed by atoms with Gasteiger partial charge >= 0.3 is 0 Å². The van der Waals surface area contributed by atoms with Gasteiger partial charge in [-0.25, -0.2) is 0 Å². The van der Waals surface area contributed by atoms with Crippen molar-refractivity contribution >= 4 is 5.78 Å². The second-order valence-corrected chi connectivity index (χ2v) is 3.98. The number of carbonyl (C=O) groups is 1. The van der Waals surface area contributed by atoms with Gasteiger partial charge < -0.3 is 9.47 Å². The average Bonchev–Trinajstić information content (AvgIpc) is 2.18. The van der Waals surface area contributed by atoms with Crippen LogP contribution >= 0.6 is 0 Å². The Morgan fingerprint density at radius 2 is 2.07 bits per heavy atom. The second kappa shape index (κ2) is 4.73. The van der Waals surface area contributed by atoms with Crippen molar-refractivity contribution in [2.75, 3.05) is 14.2 Å². The highest BCUT2D eigenvalue weighted by Gasteiger charge is 2.39. The minimum Gasteiger partial charge on any atom is -0.349 e. The van der Waals surface area contributed by atoms with Crippen LogP contribution in [0.1, 0.15) is 20.3 Å². The minimum absolute atomic E-state index is 0.0463. The molecule has 3 heteroatoms. The fourth-order valence-electron chi connectivity index (χ4n) is 1.86. The Morgan fingerprint density at radius 3 is 2.53 bits per heavy atom. The Bertz CT molecular complexity index is 294. The molecule has 1 aliphatic rings. The normalized spacial score (nSPS) is 24.0. The van der Waals surface area contributed by atoms with Crippen molar-refractivity contribution in [3.63, 3.8) is 0 Å². The van der Waals surface area contributed by atoms with Crippen LogP contribution in [0.25, 0.3) is 0 Å². The summed E-state index contributed by atoms with van der Waals surface area (Å²) in [5.41, 5.74) is 1.15. The molecule has 1 aliphatic carbocycles. The van der Waals surface area contributed by atoms with Crippen molar-refractivity contribution in [1.82, 2.24) is 0 Å². The molecular weight excluding hydrogens is 192 g/mol. The first kappa shape index (κ1) is 12.1. The van der Waals surface area contributed by atoms with Crippen molar-refractivity contribution in [3.05, 3.63) is 23.8 Å². The zero-order chi connectivity index (χ0) is 11.5. The third-order valence-corrected chi connectivity index (χ3v) is 2.61. The van der Waals surface area contributed by atoms with E-state index < -0.39 is 5.79 Å². The first-order valence-electron chi connectivity index (χ1n) is 5.01. The predicted octanol–water partition coefficient (Wildman–Crippen LogP) is 2.09. The first-order chi connectivity index (χ1) is 7.04. The first-order valence-corrected chi connectivity index (χ1v) is 5.01. The second-order valence-electron chi connectivity index (χ2n) is 3.98. The van der Waals surface area contributed by atoms with Gasteiger partial charge in [0.15, 0.2) is 11.6 Å². The standard InChI is InChI=1S/C12H18O3/c1-9(2)7-10-8-11(13)5-6-12(10,14-3)15-4/h5-7,10H,8H2,1-4H3. The van der Waals surface area contributed by atoms with Crippen LogP contribution in [-0.4, -0.2) is 25.8 Å². The van der Waals surface area contributed by atoms with Gasteiger partial charge in [0.05, 0.1) is 0 Å². The van der Waals surface area contributed by atoms with E-state index >= 15 is 0 Å². The van der Waals surface area contributed by atoms with Crippen LogP contribution in [0.5, 0.6) is 0 Å². The average molecular weight is 210 g/mol. The number of allylic oxidation sites excluding steroid dienone is 2. The number of methoxy groups -OCH3 is 2. The van der Waals surface area contributed by atoms with Gasteiger partial charge in [0.25, 0.3) is 0 Å². The summed E-state index contributed by atoms with van der Waals surface area (Å²) in [7, 11) is 3.19. The molecule has 0 aliphatic heterocycles. The fraction of sp³-hybridized carbons (Fsp3) is 0.583. The van der Waals surface area contributed by atoms with E-state index in [1.807, 2.05) is 19.9 Å². The molecule has 1 unspecified atom stereocenters. The predicted molar refractivity (Wildman–Crippen MR) is 58.4 cm³/mol. The lowest BCUT2D eigenvalue weighted by atomic mass is 9.86. The summed E-state index contributed by atoms with van der Waals surface area (Å²) >= 11 is 0. The van der Waals surface area contributed by atoms with Gasteiger partial charge in [-0.2, -0.15) is 0 Å². The number of hydrogen-bond donors (Lipinski definition) is 0. The molecule has 0 fully saturated rings. The van der Waals surface area contributed by atoms with Gasteiger partial charge in [-0.05, 0) is 26.0 Å². The molecule has 0 N–H and O–H groups in total. The van der Waals surface area contributed by atoms with E-state index in [0.29, 0.717) is 6.42 Å². The zero-order valence-electron chi connectivity index (χ0n) is 9.74. The van der Waals surface area contributed by atoms with Crippen LogP contribution in [0.15, 0.2) is 23.8 Å². The molecule has 1 rings (SSSR count). The number of ether oxygens (including phenoxy) is 2. The number of carbonyl (C=O) groups excluding carboxylic acids is 1. The molecule has 84 valence electrons. The topological polar surface area (TPSA) is 35.5 Å². The van der Waals surface area contributed by atoms with E-state index in [4.69, 9.17) is 9.47 Å². The SMILES string of the molecule is COC1(OC)C=CC(=O)CC1C=C(C)C. The van der Waals surface area contributed by atoms with E-state index in [-0.39, 0.29) is 11.7 Å². The minimum atomic E-state index is -0.787. The van der Waals surface area contributed by atoms with Crippen LogP contribution in [0.3, 0.4) is 0 Å². The summed E-state index contributed by atoms with van der Waals surface area (Å²) in [6.07, 6.45) is 5.68. The van der Waals surface area contributed by atoms with Crippen LogP contribution in [0.2, 0.25) is 0 Å². The molecule has 0 spiro atoms. The Balaban J connectivity index is 3.04. The van der Waals surface area contributed by atoms with Crippen molar-refractivity contribution in [2.24, 2.45) is 5.92 Å². The Kier molecular flexibility index (Phi) is 3.83. The quantitative estimate of drug-likeness (QED) is 0.528. The summed E-state index contributed by atoms with van der Waals surface area (Å²) < 4.78 is 10.8. The molecule has 0 heterocycles. The maximum absolute atomic E-state index is 11.3. The van der Waals surface area contributed by atoms with Crippen LogP contribution in [-0.2, 0) is 14.3 Å². The Hall–Kier alpha value is -0.930. The summed E-state index contributed by atoms with van der Waals surface area (Å²) in [4.78, 5) is 11.3. The summed E-state index contributed by atoms with van der Waals surface area (Å²) in [6, 6.07) is 0. The maximum atomic E-state index is 11.3. The van der Waals surface area contributed by atoms with Gasteiger partial charge in [0.1, 0.15) is 0 Å². The molecule has 0 saturated heterocycles. The summed E-state index contributed by atoms with van der Waals surface area (Å²) in [5.74, 6) is -0.720. The molecular formula is C12H18O3. The lowest BCUT2D eigenvalue weighted by Gasteiger charge is -2.36. The van der Waals surface area contributed by atoms with Gasteiger partial charge in [-0.15, -0.1) is 0 Å². The van der Waals surface area contributed by atoms with Crippen molar-refractivity contribution in [3.8, 4) is 0 Å². The van der Waals surface area contributed by atoms with Crippen LogP contribution in [0, 0.1) is 5.92 Å². The number of hydrogen-bond acceptors (Lipinski definition) is 3. The van der Waals surface area contributed by atoms with Crippen LogP contribution in [0.4, 0.5) is 0 Å². The molecule has 0 amide bonds. The van der Waals surface area contributed by atoms with E-state index in [1.54, 1.807) is 20.3 Å². The van der Waals surface area contributed by atoms with Crippen molar-refractivity contribution in [2.45, 2.75) is 26.1 Å². The number of rotatable bonds is 3. The Morgan fingerprint density at radius 1 is 1.47 bits per heavy atom. The largest absolute Gasteiger partial charge is 0.349 e. The van der Waals surface area contributed by atoms with Gasteiger partial charge in [0.2, 0.25) is 0 Å². The van der Waals surface area contributed by atoms with Gasteiger partial charge in [-0.3, -0.25) is 4.79 Å². The van der Waals surface area contributed by atoms with E-state index in [2.05, 4.69) is 0 Å². The molecule has 3 nitrogen and oxygen atoms in total. The highest BCUT2D eigenvalue weighted by atomic mass is 16.7. The third kappa shape index (κ3) is 2.55. The third-order valence-electron chi connectivity index (χ3n) is 2.61. The highest BCUT2D eigenvalue weighted by molar-refractivity contribution is 5.91. The van der Waals surface area contributed by atoms with E-state index in [9.17, 15) is 4.79 Å². The number of ketones is 1. The lowest BCUT2D eigenvalue weighted by molar-refractivity contribution is -0.198. The summed E-state index contributed by atoms with van der Waals surface area (Å²) in [6.45, 7) is 4.00. The molecule has 0 aromatic heterocycles. The van der Waals surface area contributed by atoms with Crippen molar-refractivity contribution < 1.29 is 14.3 Å². The molecule has 15 heavy (non-hydrogen) atoms. The van der Waals surface area contributed by atoms with Gasteiger partial charge in [-0.1, -0.05) is 11.6 Å². The lowest BCUT2D eigenvalue weighted by Crippen LogP contribution is -2.42. The fourth-order valence-corrected chi connectivity index (χ4v) is 1.86. The molecule has 0 saturated carbocycles. The van der Waals surface area contributed by atoms with E-state index in [1.165, 1.54) is 6.08 Å². The highest BCUT2D eigenvalue weighted by Crippen LogP contribution is 2.32. The van der Waals surface area contributed by atoms with Crippen LogP contribution < -0.4 is 0 Å². The maximum Gasteiger partial charge on any atom is 0.194 e. The van der Waals surface area contributed by atoms with Crippen molar-refractivity contribution in [1.29, 1.82) is 0 Å². The molecule has 0 radical (unpaired) electrons. The smallest absolute Gasteiger partial charge is 0.194 e. The zero-order valence-corrected chi connectivity index (χ0v) is 9.74. The molecule has 1 atom stereocenters. The molecule has 0 aromatic rings. The van der Waals surface area contributed by atoms with E-state index in [0.717, 1.165) is 5.57 Å². The molecule has 0 aromatic carbocycles. The summed E-state index contributed by atoms with van der Waals surface area (Å²) in [5, 5.41) is 0. The Labute approximate surface area is 90.8 Å².